The van der Waals surface area contributed by atoms with Gasteiger partial charge in [-0.1, -0.05) is 12.2 Å². The summed E-state index contributed by atoms with van der Waals surface area (Å²) in [6, 6.07) is 2.45. The van der Waals surface area contributed by atoms with Crippen LogP contribution in [0, 0.1) is 0 Å². The molecule has 0 unspecified atom stereocenters. The van der Waals surface area contributed by atoms with Crippen molar-refractivity contribution in [3.05, 3.63) is 30.1 Å². The van der Waals surface area contributed by atoms with E-state index in [0.717, 1.165) is 30.7 Å². The number of ether oxygens (including phenoxy) is 1. The number of carbonyl (C=O) groups is 1. The average molecular weight is 303 g/mol. The van der Waals surface area contributed by atoms with Gasteiger partial charge in [0.1, 0.15) is 11.9 Å². The van der Waals surface area contributed by atoms with E-state index in [-0.39, 0.29) is 12.0 Å². The topological polar surface area (TPSA) is 54.5 Å². The number of amides is 1. The molecule has 0 aliphatic carbocycles. The molecular weight excluding hydrogens is 278 g/mol. The highest BCUT2D eigenvalue weighted by atomic mass is 16.5. The van der Waals surface area contributed by atoms with E-state index in [2.05, 4.69) is 29.4 Å². The number of nitrogens with one attached hydrogen (secondary N) is 1. The Morgan fingerprint density at radius 2 is 2.41 bits per heavy atom. The molecule has 2 rings (SSSR count). The van der Waals surface area contributed by atoms with Crippen LogP contribution in [-0.2, 0) is 4.79 Å². The fraction of sp³-hybridized carbons (Fsp3) is 0.529. The van der Waals surface area contributed by atoms with E-state index in [1.165, 1.54) is 0 Å². The Kier molecular flexibility index (Phi) is 5.95. The molecule has 1 saturated heterocycles. The summed E-state index contributed by atoms with van der Waals surface area (Å²) < 4.78 is 5.94. The maximum atomic E-state index is 11.3. The van der Waals surface area contributed by atoms with Crippen LogP contribution < -0.4 is 10.1 Å². The van der Waals surface area contributed by atoms with Crippen molar-refractivity contribution in [2.75, 3.05) is 20.1 Å². The van der Waals surface area contributed by atoms with Crippen molar-refractivity contribution in [3.63, 3.8) is 0 Å². The number of aromatic nitrogens is 1. The van der Waals surface area contributed by atoms with Gasteiger partial charge in [-0.3, -0.25) is 9.78 Å². The lowest BCUT2D eigenvalue weighted by molar-refractivity contribution is -0.128. The van der Waals surface area contributed by atoms with Gasteiger partial charge in [0.2, 0.25) is 5.91 Å². The van der Waals surface area contributed by atoms with Gasteiger partial charge in [0.25, 0.3) is 0 Å². The van der Waals surface area contributed by atoms with Gasteiger partial charge < -0.3 is 15.0 Å². The van der Waals surface area contributed by atoms with Crippen LogP contribution in [0.25, 0.3) is 6.08 Å². The highest BCUT2D eigenvalue weighted by Gasteiger charge is 2.25. The Bertz CT molecular complexity index is 530. The third kappa shape index (κ3) is 4.84. The number of hydrogen-bond donors (Lipinski definition) is 1. The molecule has 1 amide bonds. The van der Waals surface area contributed by atoms with Crippen LogP contribution in [0.4, 0.5) is 0 Å². The average Bonchev–Trinajstić information content (AvgIpc) is 2.96. The van der Waals surface area contributed by atoms with Crippen molar-refractivity contribution in [3.8, 4) is 5.75 Å². The molecule has 1 fully saturated rings. The number of pyridine rings is 1. The van der Waals surface area contributed by atoms with Crippen LogP contribution in [0.1, 0.15) is 32.3 Å². The van der Waals surface area contributed by atoms with Crippen LogP contribution in [0.5, 0.6) is 5.75 Å². The van der Waals surface area contributed by atoms with E-state index in [9.17, 15) is 4.79 Å². The Hall–Kier alpha value is -1.88. The van der Waals surface area contributed by atoms with Gasteiger partial charge >= 0.3 is 0 Å². The summed E-state index contributed by atoms with van der Waals surface area (Å²) in [5, 5.41) is 3.20. The van der Waals surface area contributed by atoms with Crippen molar-refractivity contribution >= 4 is 12.0 Å². The normalized spacial score (nSPS) is 19.6. The Balaban J connectivity index is 1.90. The molecule has 0 bridgehead atoms. The molecule has 1 aliphatic heterocycles. The summed E-state index contributed by atoms with van der Waals surface area (Å²) in [5.41, 5.74) is 1.03. The molecule has 0 radical (unpaired) electrons. The van der Waals surface area contributed by atoms with Gasteiger partial charge in [-0.15, -0.1) is 0 Å². The molecule has 2 heterocycles. The first-order valence-corrected chi connectivity index (χ1v) is 7.79. The van der Waals surface area contributed by atoms with Gasteiger partial charge in [0.05, 0.1) is 12.7 Å². The third-order valence-corrected chi connectivity index (χ3v) is 3.92. The van der Waals surface area contributed by atoms with Crippen molar-refractivity contribution in [1.29, 1.82) is 0 Å². The molecular formula is C17H25N3O2. The van der Waals surface area contributed by atoms with E-state index >= 15 is 0 Å². The SMILES string of the molecule is CN[C@@H](C)CC=Cc1cncc(O[C@H]2CCN(C(C)=O)C2)c1. The summed E-state index contributed by atoms with van der Waals surface area (Å²) in [7, 11) is 1.96. The quantitative estimate of drug-likeness (QED) is 0.874. The smallest absolute Gasteiger partial charge is 0.219 e. The van der Waals surface area contributed by atoms with Crippen molar-refractivity contribution in [2.24, 2.45) is 0 Å². The maximum absolute atomic E-state index is 11.3. The second-order valence-electron chi connectivity index (χ2n) is 5.78. The fourth-order valence-corrected chi connectivity index (χ4v) is 2.42. The molecule has 1 N–H and O–H groups in total. The van der Waals surface area contributed by atoms with Crippen LogP contribution in [-0.4, -0.2) is 48.1 Å². The molecule has 1 aromatic heterocycles. The second kappa shape index (κ2) is 7.94. The number of hydrogen-bond acceptors (Lipinski definition) is 4. The highest BCUT2D eigenvalue weighted by molar-refractivity contribution is 5.73. The van der Waals surface area contributed by atoms with Gasteiger partial charge in [-0.05, 0) is 32.0 Å². The van der Waals surface area contributed by atoms with Crippen molar-refractivity contribution < 1.29 is 9.53 Å². The lowest BCUT2D eigenvalue weighted by Crippen LogP contribution is -2.28. The molecule has 0 spiro atoms. The van der Waals surface area contributed by atoms with E-state index in [1.807, 2.05) is 24.2 Å². The minimum atomic E-state index is 0.0641. The Morgan fingerprint density at radius 1 is 1.59 bits per heavy atom. The third-order valence-electron chi connectivity index (χ3n) is 3.92. The summed E-state index contributed by atoms with van der Waals surface area (Å²) >= 11 is 0. The van der Waals surface area contributed by atoms with Gasteiger partial charge in [-0.25, -0.2) is 0 Å². The zero-order valence-corrected chi connectivity index (χ0v) is 13.6. The largest absolute Gasteiger partial charge is 0.487 e. The lowest BCUT2D eigenvalue weighted by atomic mass is 10.2. The molecule has 22 heavy (non-hydrogen) atoms. The first-order chi connectivity index (χ1) is 10.6. The van der Waals surface area contributed by atoms with E-state index in [1.54, 1.807) is 13.1 Å². The van der Waals surface area contributed by atoms with Crippen LogP contribution in [0.3, 0.4) is 0 Å². The van der Waals surface area contributed by atoms with E-state index < -0.39 is 0 Å². The molecule has 2 atom stereocenters. The predicted octanol–water partition coefficient (Wildman–Crippen LogP) is 2.09. The molecule has 1 aliphatic rings. The molecule has 0 saturated carbocycles. The molecule has 0 aromatic carbocycles. The van der Waals surface area contributed by atoms with Crippen molar-refractivity contribution in [2.45, 2.75) is 38.8 Å². The number of likely N-dealkylation sites (tertiary alicyclic amines) is 1. The summed E-state index contributed by atoms with van der Waals surface area (Å²) in [6.07, 6.45) is 9.65. The van der Waals surface area contributed by atoms with E-state index in [4.69, 9.17) is 4.74 Å². The fourth-order valence-electron chi connectivity index (χ4n) is 2.42. The van der Waals surface area contributed by atoms with Gasteiger partial charge in [0.15, 0.2) is 0 Å². The molecule has 1 aromatic rings. The van der Waals surface area contributed by atoms with Gasteiger partial charge in [0, 0.05) is 32.1 Å². The first-order valence-electron chi connectivity index (χ1n) is 7.79. The highest BCUT2D eigenvalue weighted by Crippen LogP contribution is 2.19. The number of nitrogens with zero attached hydrogens (tertiary/aromatic N) is 2. The van der Waals surface area contributed by atoms with Crippen molar-refractivity contribution in [1.82, 2.24) is 15.2 Å². The summed E-state index contributed by atoms with van der Waals surface area (Å²) in [6.45, 7) is 5.18. The Morgan fingerprint density at radius 3 is 3.09 bits per heavy atom. The molecule has 120 valence electrons. The van der Waals surface area contributed by atoms with Gasteiger partial charge in [-0.2, -0.15) is 0 Å². The van der Waals surface area contributed by atoms with Crippen LogP contribution >= 0.6 is 0 Å². The first kappa shape index (κ1) is 16.5. The number of carbonyl (C=O) groups excluding carboxylic acids is 1. The van der Waals surface area contributed by atoms with Crippen LogP contribution in [0.15, 0.2) is 24.5 Å². The van der Waals surface area contributed by atoms with E-state index in [0.29, 0.717) is 12.6 Å². The standard InChI is InChI=1S/C17H25N3O2/c1-13(18-3)5-4-6-15-9-17(11-19-10-15)22-16-7-8-20(12-16)14(2)21/h4,6,9-11,13,16,18H,5,7-8,12H2,1-3H3/t13-,16-/m0/s1. The Labute approximate surface area is 132 Å². The number of rotatable bonds is 6. The zero-order chi connectivity index (χ0) is 15.9. The summed E-state index contributed by atoms with van der Waals surface area (Å²) in [5.74, 6) is 0.874. The maximum Gasteiger partial charge on any atom is 0.219 e. The monoisotopic (exact) mass is 303 g/mol. The second-order valence-corrected chi connectivity index (χ2v) is 5.78. The zero-order valence-electron chi connectivity index (χ0n) is 13.6. The minimum absolute atomic E-state index is 0.0641. The molecule has 5 heteroatoms. The molecule has 5 nitrogen and oxygen atoms in total. The minimum Gasteiger partial charge on any atom is -0.487 e. The summed E-state index contributed by atoms with van der Waals surface area (Å²) in [4.78, 5) is 17.4. The van der Waals surface area contributed by atoms with Crippen LogP contribution in [0.2, 0.25) is 0 Å². The lowest BCUT2D eigenvalue weighted by Gasteiger charge is -2.15. The predicted molar refractivity (Wildman–Crippen MR) is 87.7 cm³/mol.